The average molecular weight is 337 g/mol. The predicted molar refractivity (Wildman–Crippen MR) is 97.6 cm³/mol. The van der Waals surface area contributed by atoms with E-state index in [1.165, 1.54) is 37.8 Å². The van der Waals surface area contributed by atoms with Crippen molar-refractivity contribution in [2.24, 2.45) is 5.92 Å². The van der Waals surface area contributed by atoms with Crippen molar-refractivity contribution < 1.29 is 4.74 Å². The average Bonchev–Trinajstić information content (AvgIpc) is 3.08. The Morgan fingerprint density at radius 2 is 2.09 bits per heavy atom. The second kappa shape index (κ2) is 8.36. The van der Waals surface area contributed by atoms with Gasteiger partial charge in [0, 0.05) is 43.1 Å². The summed E-state index contributed by atoms with van der Waals surface area (Å²) in [5, 5.41) is 4.62. The molecule has 2 aliphatic heterocycles. The fraction of sp³-hybridized carbons (Fsp3) is 0.684. The van der Waals surface area contributed by atoms with Gasteiger partial charge in [-0.1, -0.05) is 17.7 Å². The van der Waals surface area contributed by atoms with Crippen LogP contribution in [-0.2, 0) is 4.74 Å². The summed E-state index contributed by atoms with van der Waals surface area (Å²) in [7, 11) is 0. The van der Waals surface area contributed by atoms with Crippen LogP contribution >= 0.6 is 11.6 Å². The van der Waals surface area contributed by atoms with Gasteiger partial charge in [0.1, 0.15) is 0 Å². The molecular weight excluding hydrogens is 308 g/mol. The van der Waals surface area contributed by atoms with Gasteiger partial charge in [-0.2, -0.15) is 0 Å². The lowest BCUT2D eigenvalue weighted by molar-refractivity contribution is 0.183. The van der Waals surface area contributed by atoms with Crippen LogP contribution in [-0.4, -0.2) is 38.9 Å². The summed E-state index contributed by atoms with van der Waals surface area (Å²) in [5.41, 5.74) is 2.42. The van der Waals surface area contributed by atoms with Crippen molar-refractivity contribution in [3.63, 3.8) is 0 Å². The Labute approximate surface area is 145 Å². The van der Waals surface area contributed by atoms with Crippen LogP contribution in [0, 0.1) is 12.8 Å². The first-order valence-corrected chi connectivity index (χ1v) is 9.42. The molecule has 1 atom stereocenters. The van der Waals surface area contributed by atoms with Gasteiger partial charge in [-0.15, -0.1) is 0 Å². The first-order valence-electron chi connectivity index (χ1n) is 9.04. The third kappa shape index (κ3) is 4.85. The molecule has 1 aromatic rings. The van der Waals surface area contributed by atoms with Crippen molar-refractivity contribution in [3.05, 3.63) is 28.8 Å². The lowest BCUT2D eigenvalue weighted by Gasteiger charge is -2.34. The van der Waals surface area contributed by atoms with Gasteiger partial charge in [-0.25, -0.2) is 0 Å². The lowest BCUT2D eigenvalue weighted by atomic mass is 10.0. The zero-order valence-corrected chi connectivity index (χ0v) is 14.9. The van der Waals surface area contributed by atoms with E-state index in [0.29, 0.717) is 6.04 Å². The van der Waals surface area contributed by atoms with Crippen LogP contribution in [0.15, 0.2) is 18.2 Å². The molecule has 1 unspecified atom stereocenters. The number of nitrogens with one attached hydrogen (secondary N) is 1. The minimum Gasteiger partial charge on any atom is -0.381 e. The summed E-state index contributed by atoms with van der Waals surface area (Å²) >= 11 is 6.25. The molecule has 0 spiro atoms. The Bertz CT molecular complexity index is 494. The summed E-state index contributed by atoms with van der Waals surface area (Å²) in [5.74, 6) is 0.810. The van der Waals surface area contributed by atoms with Crippen molar-refractivity contribution in [1.82, 2.24) is 5.32 Å². The molecule has 4 heteroatoms. The molecule has 2 heterocycles. The Balaban J connectivity index is 1.35. The smallest absolute Gasteiger partial charge is 0.0495 e. The highest BCUT2D eigenvalue weighted by Gasteiger charge is 2.20. The molecular formula is C19H29ClN2O. The number of hydrogen-bond acceptors (Lipinski definition) is 3. The molecule has 0 aliphatic carbocycles. The lowest BCUT2D eigenvalue weighted by Crippen LogP contribution is -2.42. The van der Waals surface area contributed by atoms with Crippen molar-refractivity contribution in [3.8, 4) is 0 Å². The van der Waals surface area contributed by atoms with E-state index in [1.54, 1.807) is 0 Å². The van der Waals surface area contributed by atoms with Crippen LogP contribution in [0.3, 0.4) is 0 Å². The fourth-order valence-electron chi connectivity index (χ4n) is 3.63. The molecule has 0 bridgehead atoms. The first-order chi connectivity index (χ1) is 11.2. The van der Waals surface area contributed by atoms with Crippen molar-refractivity contribution in [2.45, 2.75) is 45.1 Å². The van der Waals surface area contributed by atoms with Gasteiger partial charge in [0.15, 0.2) is 0 Å². The molecule has 0 amide bonds. The van der Waals surface area contributed by atoms with Crippen molar-refractivity contribution >= 4 is 17.3 Å². The van der Waals surface area contributed by atoms with Crippen molar-refractivity contribution in [1.29, 1.82) is 0 Å². The molecule has 3 rings (SSSR count). The summed E-state index contributed by atoms with van der Waals surface area (Å²) in [4.78, 5) is 2.46. The van der Waals surface area contributed by atoms with E-state index < -0.39 is 0 Å². The van der Waals surface area contributed by atoms with E-state index in [0.717, 1.165) is 49.4 Å². The quantitative estimate of drug-likeness (QED) is 0.794. The minimum atomic E-state index is 0.673. The number of aryl methyl sites for hydroxylation is 1. The van der Waals surface area contributed by atoms with Crippen LogP contribution in [0.1, 0.15) is 37.7 Å². The molecule has 0 radical (unpaired) electrons. The second-order valence-corrected chi connectivity index (χ2v) is 7.43. The highest BCUT2D eigenvalue weighted by molar-refractivity contribution is 6.31. The highest BCUT2D eigenvalue weighted by atomic mass is 35.5. The van der Waals surface area contributed by atoms with Gasteiger partial charge in [-0.05, 0) is 69.2 Å². The van der Waals surface area contributed by atoms with Gasteiger partial charge in [0.2, 0.25) is 0 Å². The maximum absolute atomic E-state index is 6.25. The zero-order valence-electron chi connectivity index (χ0n) is 14.2. The van der Waals surface area contributed by atoms with Crippen LogP contribution < -0.4 is 10.2 Å². The van der Waals surface area contributed by atoms with Gasteiger partial charge >= 0.3 is 0 Å². The van der Waals surface area contributed by atoms with Crippen molar-refractivity contribution in [2.75, 3.05) is 37.7 Å². The molecule has 0 aromatic heterocycles. The number of ether oxygens (including phenoxy) is 1. The largest absolute Gasteiger partial charge is 0.381 e. The number of rotatable bonds is 6. The Morgan fingerprint density at radius 3 is 2.78 bits per heavy atom. The molecule has 3 nitrogen and oxygen atoms in total. The summed E-state index contributed by atoms with van der Waals surface area (Å²) in [6.07, 6.45) is 6.29. The molecule has 128 valence electrons. The van der Waals surface area contributed by atoms with Crippen LogP contribution in [0.4, 0.5) is 5.69 Å². The van der Waals surface area contributed by atoms with E-state index in [1.807, 2.05) is 0 Å². The maximum Gasteiger partial charge on any atom is 0.0495 e. The fourth-order valence-corrected chi connectivity index (χ4v) is 3.80. The van der Waals surface area contributed by atoms with Crippen LogP contribution in [0.25, 0.3) is 0 Å². The van der Waals surface area contributed by atoms with Crippen LogP contribution in [0.5, 0.6) is 0 Å². The molecule has 2 saturated heterocycles. The zero-order chi connectivity index (χ0) is 16.1. The van der Waals surface area contributed by atoms with Gasteiger partial charge in [-0.3, -0.25) is 0 Å². The SMILES string of the molecule is Cc1ccc(N2CCC(NCCCC3CCOC3)CC2)cc1Cl. The summed E-state index contributed by atoms with van der Waals surface area (Å²) in [6.45, 7) is 7.40. The van der Waals surface area contributed by atoms with Gasteiger partial charge < -0.3 is 15.0 Å². The normalized spacial score (nSPS) is 22.7. The number of benzene rings is 1. The number of hydrogen-bond donors (Lipinski definition) is 1. The standard InChI is InChI=1S/C19H29ClN2O/c1-15-4-5-18(13-19(15)20)22-10-6-17(7-11-22)21-9-2-3-16-8-12-23-14-16/h4-5,13,16-17,21H,2-3,6-12,14H2,1H3. The summed E-state index contributed by atoms with van der Waals surface area (Å²) in [6, 6.07) is 7.09. The molecule has 1 N–H and O–H groups in total. The topological polar surface area (TPSA) is 24.5 Å². The molecule has 2 aliphatic rings. The molecule has 0 saturated carbocycles. The van der Waals surface area contributed by atoms with E-state index in [-0.39, 0.29) is 0 Å². The van der Waals surface area contributed by atoms with Crippen LogP contribution in [0.2, 0.25) is 5.02 Å². The Hall–Kier alpha value is -0.770. The summed E-state index contributed by atoms with van der Waals surface area (Å²) < 4.78 is 5.44. The number of piperidine rings is 1. The predicted octanol–water partition coefficient (Wildman–Crippen LogP) is 4.02. The third-order valence-corrected chi connectivity index (χ3v) is 5.67. The molecule has 1 aromatic carbocycles. The Kier molecular flexibility index (Phi) is 6.21. The first kappa shape index (κ1) is 17.1. The highest BCUT2D eigenvalue weighted by Crippen LogP contribution is 2.25. The van der Waals surface area contributed by atoms with E-state index in [9.17, 15) is 0 Å². The molecule has 2 fully saturated rings. The Morgan fingerprint density at radius 1 is 1.26 bits per heavy atom. The number of halogens is 1. The van der Waals surface area contributed by atoms with E-state index >= 15 is 0 Å². The van der Waals surface area contributed by atoms with E-state index in [2.05, 4.69) is 35.3 Å². The monoisotopic (exact) mass is 336 g/mol. The third-order valence-electron chi connectivity index (χ3n) is 5.26. The van der Waals surface area contributed by atoms with Gasteiger partial charge in [0.05, 0.1) is 0 Å². The second-order valence-electron chi connectivity index (χ2n) is 7.02. The number of nitrogens with zero attached hydrogens (tertiary/aromatic N) is 1. The van der Waals surface area contributed by atoms with Gasteiger partial charge in [0.25, 0.3) is 0 Å². The minimum absolute atomic E-state index is 0.673. The molecule has 23 heavy (non-hydrogen) atoms. The number of anilines is 1. The maximum atomic E-state index is 6.25. The van der Waals surface area contributed by atoms with E-state index in [4.69, 9.17) is 16.3 Å².